The zero-order chi connectivity index (χ0) is 23.6. The Kier molecular flexibility index (Phi) is 5.98. The molecule has 1 N–H and O–H groups in total. The van der Waals surface area contributed by atoms with E-state index in [0.717, 1.165) is 5.56 Å². The van der Waals surface area contributed by atoms with Gasteiger partial charge < -0.3 is 14.6 Å². The van der Waals surface area contributed by atoms with E-state index in [-0.39, 0.29) is 5.75 Å². The lowest BCUT2D eigenvalue weighted by Crippen LogP contribution is -2.05. The minimum absolute atomic E-state index is 0.114. The van der Waals surface area contributed by atoms with Crippen LogP contribution in [-0.2, 0) is 16.9 Å². The molecule has 0 amide bonds. The van der Waals surface area contributed by atoms with Crippen LogP contribution < -0.4 is 10.1 Å². The van der Waals surface area contributed by atoms with Crippen LogP contribution in [0.25, 0.3) is 11.2 Å². The topological polar surface area (TPSA) is 123 Å². The van der Waals surface area contributed by atoms with Gasteiger partial charge in [0.05, 0.1) is 28.9 Å². The molecule has 0 atom stereocenters. The van der Waals surface area contributed by atoms with Crippen molar-refractivity contribution in [2.24, 2.45) is 7.05 Å². The molecule has 0 aliphatic carbocycles. The average molecular weight is 463 g/mol. The molecule has 1 aromatic carbocycles. The first-order chi connectivity index (χ1) is 15.8. The maximum Gasteiger partial charge on any atom is 0.223 e. The van der Waals surface area contributed by atoms with E-state index < -0.39 is 9.84 Å². The van der Waals surface area contributed by atoms with Crippen LogP contribution in [0, 0.1) is 18.3 Å². The van der Waals surface area contributed by atoms with Crippen LogP contribution in [0.4, 0.5) is 11.4 Å². The minimum Gasteiger partial charge on any atom is -0.437 e. The summed E-state index contributed by atoms with van der Waals surface area (Å²) in [6, 6.07) is 12.0. The molecule has 33 heavy (non-hydrogen) atoms. The molecule has 0 saturated heterocycles. The second-order valence-corrected chi connectivity index (χ2v) is 9.66. The summed E-state index contributed by atoms with van der Waals surface area (Å²) in [5.74, 6) is 0.924. The van der Waals surface area contributed by atoms with Crippen LogP contribution in [0.15, 0.2) is 53.8 Å². The van der Waals surface area contributed by atoms with E-state index >= 15 is 0 Å². The fraction of sp³-hybridized carbons (Fsp3) is 0.217. The number of rotatable bonds is 7. The van der Waals surface area contributed by atoms with Gasteiger partial charge in [0.25, 0.3) is 0 Å². The fourth-order valence-corrected chi connectivity index (χ4v) is 4.66. The highest BCUT2D eigenvalue weighted by molar-refractivity contribution is 7.91. The van der Waals surface area contributed by atoms with E-state index in [1.807, 2.05) is 27.0 Å². The van der Waals surface area contributed by atoms with Crippen LogP contribution >= 0.6 is 0 Å². The maximum absolute atomic E-state index is 12.3. The van der Waals surface area contributed by atoms with Gasteiger partial charge in [0, 0.05) is 18.8 Å². The number of hydrogen-bond acceptors (Lipinski definition) is 8. The Labute approximate surface area is 191 Å². The molecule has 0 saturated carbocycles. The van der Waals surface area contributed by atoms with Gasteiger partial charge in [0.2, 0.25) is 5.88 Å². The van der Waals surface area contributed by atoms with Crippen molar-refractivity contribution in [3.63, 3.8) is 0 Å². The second kappa shape index (κ2) is 8.88. The molecule has 0 unspecified atom stereocenters. The normalized spacial score (nSPS) is 11.3. The summed E-state index contributed by atoms with van der Waals surface area (Å²) in [4.78, 5) is 13.3. The van der Waals surface area contributed by atoms with Crippen LogP contribution in [-0.4, -0.2) is 33.7 Å². The van der Waals surface area contributed by atoms with Crippen molar-refractivity contribution in [1.82, 2.24) is 19.5 Å². The van der Waals surface area contributed by atoms with Crippen molar-refractivity contribution in [2.45, 2.75) is 25.2 Å². The molecule has 4 aromatic rings. The number of ether oxygens (including phenoxy) is 1. The zero-order valence-corrected chi connectivity index (χ0v) is 19.2. The summed E-state index contributed by atoms with van der Waals surface area (Å²) in [5, 5.41) is 12.3. The van der Waals surface area contributed by atoms with Crippen molar-refractivity contribution in [2.75, 3.05) is 11.1 Å². The van der Waals surface area contributed by atoms with Crippen LogP contribution in [0.3, 0.4) is 0 Å². The lowest BCUT2D eigenvalue weighted by molar-refractivity contribution is 0.459. The highest BCUT2D eigenvalue weighted by Gasteiger charge is 2.15. The number of imidazole rings is 1. The first-order valence-corrected chi connectivity index (χ1v) is 11.9. The number of sulfone groups is 1. The summed E-state index contributed by atoms with van der Waals surface area (Å²) < 4.78 is 32.3. The number of fused-ring (bicyclic) bond motifs is 1. The van der Waals surface area contributed by atoms with E-state index in [0.29, 0.717) is 51.2 Å². The fourth-order valence-electron chi connectivity index (χ4n) is 3.33. The van der Waals surface area contributed by atoms with E-state index in [1.165, 1.54) is 6.20 Å². The molecule has 0 fully saturated rings. The summed E-state index contributed by atoms with van der Waals surface area (Å²) in [5.41, 5.74) is 3.66. The molecule has 3 aromatic heterocycles. The SMILES string of the molecule is CCCS(=O)(=O)c1ccc(Nc2cc(Oc3cnc(C#N)cc3C)nc3c2ncn3C)cc1. The first kappa shape index (κ1) is 22.2. The van der Waals surface area contributed by atoms with E-state index in [9.17, 15) is 8.42 Å². The zero-order valence-electron chi connectivity index (χ0n) is 18.4. The third-order valence-corrected chi connectivity index (χ3v) is 6.94. The summed E-state index contributed by atoms with van der Waals surface area (Å²) in [6.07, 6.45) is 3.71. The number of nitrogens with zero attached hydrogens (tertiary/aromatic N) is 5. The Morgan fingerprint density at radius 1 is 1.18 bits per heavy atom. The predicted octanol–water partition coefficient (Wildman–Crippen LogP) is 4.26. The van der Waals surface area contributed by atoms with Gasteiger partial charge in [-0.25, -0.2) is 18.4 Å². The predicted molar refractivity (Wildman–Crippen MR) is 124 cm³/mol. The molecular formula is C23H22N6O3S. The van der Waals surface area contributed by atoms with Gasteiger partial charge in [-0.3, -0.25) is 0 Å². The second-order valence-electron chi connectivity index (χ2n) is 7.55. The minimum atomic E-state index is -3.28. The van der Waals surface area contributed by atoms with Crippen LogP contribution in [0.5, 0.6) is 11.6 Å². The van der Waals surface area contributed by atoms with Crippen LogP contribution in [0.1, 0.15) is 24.6 Å². The Morgan fingerprint density at radius 3 is 2.61 bits per heavy atom. The molecule has 0 spiro atoms. The number of nitriles is 1. The van der Waals surface area contributed by atoms with Crippen molar-refractivity contribution >= 4 is 32.4 Å². The maximum atomic E-state index is 12.3. The Hall–Kier alpha value is -3.97. The number of benzene rings is 1. The quantitative estimate of drug-likeness (QED) is 0.432. The lowest BCUT2D eigenvalue weighted by Gasteiger charge is -2.12. The average Bonchev–Trinajstić information content (AvgIpc) is 3.16. The molecule has 3 heterocycles. The van der Waals surface area contributed by atoms with Gasteiger partial charge in [0.15, 0.2) is 21.2 Å². The molecule has 10 heteroatoms. The number of pyridine rings is 2. The highest BCUT2D eigenvalue weighted by Crippen LogP contribution is 2.31. The monoisotopic (exact) mass is 462 g/mol. The Bertz CT molecular complexity index is 1470. The van der Waals surface area contributed by atoms with Gasteiger partial charge in [-0.1, -0.05) is 6.92 Å². The highest BCUT2D eigenvalue weighted by atomic mass is 32.2. The van der Waals surface area contributed by atoms with Gasteiger partial charge in [-0.2, -0.15) is 10.2 Å². The van der Waals surface area contributed by atoms with Gasteiger partial charge >= 0.3 is 0 Å². The molecule has 0 aliphatic heterocycles. The van der Waals surface area contributed by atoms with E-state index in [1.54, 1.807) is 47.3 Å². The first-order valence-electron chi connectivity index (χ1n) is 10.3. The lowest BCUT2D eigenvalue weighted by atomic mass is 10.2. The number of nitrogens with one attached hydrogen (secondary N) is 1. The van der Waals surface area contributed by atoms with Gasteiger partial charge in [-0.15, -0.1) is 0 Å². The largest absolute Gasteiger partial charge is 0.437 e. The molecule has 0 radical (unpaired) electrons. The Balaban J connectivity index is 1.67. The number of aromatic nitrogens is 4. The van der Waals surface area contributed by atoms with Crippen molar-refractivity contribution in [3.05, 3.63) is 60.2 Å². The van der Waals surface area contributed by atoms with Gasteiger partial charge in [0.1, 0.15) is 17.3 Å². The van der Waals surface area contributed by atoms with Crippen molar-refractivity contribution in [1.29, 1.82) is 5.26 Å². The van der Waals surface area contributed by atoms with E-state index in [4.69, 9.17) is 10.00 Å². The van der Waals surface area contributed by atoms with Crippen molar-refractivity contribution in [3.8, 4) is 17.7 Å². The standard InChI is InChI=1S/C23H22N6O3S/c1-4-9-33(30,31)18-7-5-16(6-8-18)27-19-11-21(28-23-22(19)26-14-29(23)3)32-20-13-25-17(12-24)10-15(20)2/h5-8,10-11,13-14H,4,9H2,1-3H3,(H,27,28). The van der Waals surface area contributed by atoms with Crippen LogP contribution in [0.2, 0.25) is 0 Å². The van der Waals surface area contributed by atoms with E-state index in [2.05, 4.69) is 20.3 Å². The number of hydrogen-bond donors (Lipinski definition) is 1. The molecule has 168 valence electrons. The summed E-state index contributed by atoms with van der Waals surface area (Å²) in [7, 11) is -1.45. The van der Waals surface area contributed by atoms with Gasteiger partial charge in [-0.05, 0) is 49.2 Å². The third kappa shape index (κ3) is 4.63. The number of aryl methyl sites for hydroxylation is 2. The molecule has 0 aliphatic rings. The summed E-state index contributed by atoms with van der Waals surface area (Å²) in [6.45, 7) is 3.66. The summed E-state index contributed by atoms with van der Waals surface area (Å²) >= 11 is 0. The molecule has 0 bridgehead atoms. The molecule has 9 nitrogen and oxygen atoms in total. The third-order valence-electron chi connectivity index (χ3n) is 5.00. The van der Waals surface area contributed by atoms with Crippen molar-refractivity contribution < 1.29 is 13.2 Å². The molecular weight excluding hydrogens is 440 g/mol. The Morgan fingerprint density at radius 2 is 1.94 bits per heavy atom. The number of anilines is 2. The smallest absolute Gasteiger partial charge is 0.223 e. The molecule has 4 rings (SSSR count).